The molecule has 2 heterocycles. The first kappa shape index (κ1) is 25.7. The lowest BCUT2D eigenvalue weighted by Gasteiger charge is -2.32. The van der Waals surface area contributed by atoms with Gasteiger partial charge in [0.25, 0.3) is 15.9 Å². The van der Waals surface area contributed by atoms with Crippen molar-refractivity contribution in [2.24, 2.45) is 0 Å². The molecule has 2 aromatic carbocycles. The van der Waals surface area contributed by atoms with E-state index in [4.69, 9.17) is 0 Å². The number of sulfonamides is 1. The maximum atomic E-state index is 13.6. The highest BCUT2D eigenvalue weighted by molar-refractivity contribution is 7.89. The number of nitrogens with zero attached hydrogens (tertiary/aromatic N) is 3. The van der Waals surface area contributed by atoms with Crippen molar-refractivity contribution in [3.8, 4) is 0 Å². The van der Waals surface area contributed by atoms with Crippen molar-refractivity contribution in [3.63, 3.8) is 0 Å². The van der Waals surface area contributed by atoms with Gasteiger partial charge in [-0.3, -0.25) is 4.79 Å². The topological polar surface area (TPSA) is 82.6 Å². The zero-order chi connectivity index (χ0) is 26.0. The number of aromatic nitrogens is 1. The van der Waals surface area contributed by atoms with Crippen LogP contribution in [0.4, 0.5) is 20.2 Å². The lowest BCUT2D eigenvalue weighted by atomic mass is 9.89. The van der Waals surface area contributed by atoms with Crippen LogP contribution in [0.15, 0.2) is 59.8 Å². The number of amides is 1. The molecule has 0 aliphatic carbocycles. The molecule has 190 valence electrons. The quantitative estimate of drug-likeness (QED) is 0.517. The standard InChI is InChI=1S/C26H28F2N4O3S/c1-17-14-21(28)8-9-23(17)30-24-15-25(36(34,35)31(2)3)29-16-22(24)26(33)32-12-10-19(11-13-32)18-4-6-20(27)7-5-18/h4-9,14-16,19H,10-13H2,1-3H3,(H,29,30). The monoisotopic (exact) mass is 514 g/mol. The van der Waals surface area contributed by atoms with Crippen molar-refractivity contribution in [1.29, 1.82) is 0 Å². The Morgan fingerprint density at radius 2 is 1.64 bits per heavy atom. The molecule has 10 heteroatoms. The third kappa shape index (κ3) is 5.39. The van der Waals surface area contributed by atoms with Crippen LogP contribution >= 0.6 is 0 Å². The van der Waals surface area contributed by atoms with Gasteiger partial charge in [-0.1, -0.05) is 12.1 Å². The van der Waals surface area contributed by atoms with E-state index < -0.39 is 15.8 Å². The summed E-state index contributed by atoms with van der Waals surface area (Å²) in [5.41, 5.74) is 2.67. The number of benzene rings is 2. The fourth-order valence-corrected chi connectivity index (χ4v) is 5.10. The van der Waals surface area contributed by atoms with Crippen LogP contribution in [0.3, 0.4) is 0 Å². The number of hydrogen-bond acceptors (Lipinski definition) is 5. The Morgan fingerprint density at radius 3 is 2.25 bits per heavy atom. The molecule has 1 aromatic heterocycles. The molecule has 1 aliphatic heterocycles. The smallest absolute Gasteiger partial charge is 0.260 e. The number of anilines is 2. The van der Waals surface area contributed by atoms with Gasteiger partial charge in [0.2, 0.25) is 0 Å². The molecular formula is C26H28F2N4O3S. The first-order chi connectivity index (χ1) is 17.1. The normalized spacial score (nSPS) is 14.8. The number of carbonyl (C=O) groups is 1. The number of nitrogens with one attached hydrogen (secondary N) is 1. The van der Waals surface area contributed by atoms with Gasteiger partial charge in [-0.05, 0) is 67.1 Å². The van der Waals surface area contributed by atoms with Gasteiger partial charge >= 0.3 is 0 Å². The highest BCUT2D eigenvalue weighted by Gasteiger charge is 2.28. The molecule has 1 N–H and O–H groups in total. The molecule has 0 bridgehead atoms. The van der Waals surface area contributed by atoms with E-state index >= 15 is 0 Å². The Hall–Kier alpha value is -3.37. The molecule has 1 amide bonds. The maximum absolute atomic E-state index is 13.6. The molecule has 1 fully saturated rings. The molecule has 36 heavy (non-hydrogen) atoms. The van der Waals surface area contributed by atoms with Crippen LogP contribution in [0, 0.1) is 18.6 Å². The minimum atomic E-state index is -3.85. The number of piperidine rings is 1. The number of pyridine rings is 1. The number of carbonyl (C=O) groups excluding carboxylic acids is 1. The van der Waals surface area contributed by atoms with Crippen molar-refractivity contribution >= 4 is 27.3 Å². The van der Waals surface area contributed by atoms with Crippen LogP contribution in [0.5, 0.6) is 0 Å². The minimum absolute atomic E-state index is 0.207. The first-order valence-corrected chi connectivity index (χ1v) is 13.0. The Labute approximate surface area is 209 Å². The van der Waals surface area contributed by atoms with Crippen LogP contribution < -0.4 is 5.32 Å². The second-order valence-electron chi connectivity index (χ2n) is 9.06. The fraction of sp³-hybridized carbons (Fsp3) is 0.308. The number of aryl methyl sites for hydroxylation is 1. The van der Waals surface area contributed by atoms with E-state index in [2.05, 4.69) is 10.3 Å². The predicted octanol–water partition coefficient (Wildman–Crippen LogP) is 4.68. The summed E-state index contributed by atoms with van der Waals surface area (Å²) in [5, 5.41) is 2.90. The van der Waals surface area contributed by atoms with E-state index in [9.17, 15) is 22.0 Å². The largest absolute Gasteiger partial charge is 0.355 e. The summed E-state index contributed by atoms with van der Waals surface area (Å²) in [4.78, 5) is 19.3. The van der Waals surface area contributed by atoms with Gasteiger partial charge in [0.1, 0.15) is 11.6 Å². The molecule has 0 atom stereocenters. The summed E-state index contributed by atoms with van der Waals surface area (Å²) >= 11 is 0. The van der Waals surface area contributed by atoms with Gasteiger partial charge in [-0.25, -0.2) is 26.5 Å². The van der Waals surface area contributed by atoms with Crippen molar-refractivity contribution in [2.45, 2.75) is 30.7 Å². The van der Waals surface area contributed by atoms with Crippen LogP contribution in [-0.4, -0.2) is 55.7 Å². The highest BCUT2D eigenvalue weighted by atomic mass is 32.2. The van der Waals surface area contributed by atoms with Crippen LogP contribution in [0.25, 0.3) is 0 Å². The molecule has 1 saturated heterocycles. The third-order valence-electron chi connectivity index (χ3n) is 6.44. The van der Waals surface area contributed by atoms with Crippen molar-refractivity contribution in [2.75, 3.05) is 32.5 Å². The molecule has 7 nitrogen and oxygen atoms in total. The number of rotatable bonds is 6. The van der Waals surface area contributed by atoms with Crippen molar-refractivity contribution in [1.82, 2.24) is 14.2 Å². The summed E-state index contributed by atoms with van der Waals surface area (Å²) in [6, 6.07) is 11.9. The van der Waals surface area contributed by atoms with E-state index in [-0.39, 0.29) is 33.9 Å². The van der Waals surface area contributed by atoms with Gasteiger partial charge in [-0.2, -0.15) is 0 Å². The van der Waals surface area contributed by atoms with E-state index in [1.165, 1.54) is 56.7 Å². The van der Waals surface area contributed by atoms with E-state index in [1.807, 2.05) is 0 Å². The SMILES string of the molecule is Cc1cc(F)ccc1Nc1cc(S(=O)(=O)N(C)C)ncc1C(=O)N1CCC(c2ccc(F)cc2)CC1. The average molecular weight is 515 g/mol. The molecular weight excluding hydrogens is 486 g/mol. The van der Waals surface area contributed by atoms with Crippen LogP contribution in [0.1, 0.15) is 40.2 Å². The lowest BCUT2D eigenvalue weighted by molar-refractivity contribution is 0.0713. The van der Waals surface area contributed by atoms with E-state index in [0.717, 1.165) is 22.7 Å². The predicted molar refractivity (Wildman–Crippen MR) is 134 cm³/mol. The minimum Gasteiger partial charge on any atom is -0.355 e. The summed E-state index contributed by atoms with van der Waals surface area (Å²) in [7, 11) is -1.04. The van der Waals surface area contributed by atoms with Gasteiger partial charge < -0.3 is 10.2 Å². The first-order valence-electron chi connectivity index (χ1n) is 11.6. The number of likely N-dealkylation sites (tertiary alicyclic amines) is 1. The second-order valence-corrected chi connectivity index (χ2v) is 11.2. The van der Waals surface area contributed by atoms with Gasteiger partial charge in [0, 0.05) is 45.1 Å². The zero-order valence-electron chi connectivity index (χ0n) is 20.3. The number of halogens is 2. The van der Waals surface area contributed by atoms with Gasteiger partial charge in [0.15, 0.2) is 5.03 Å². The molecule has 3 aromatic rings. The van der Waals surface area contributed by atoms with Crippen molar-refractivity contribution in [3.05, 3.63) is 83.1 Å². The van der Waals surface area contributed by atoms with E-state index in [0.29, 0.717) is 24.3 Å². The summed E-state index contributed by atoms with van der Waals surface area (Å²) in [5.74, 6) is -0.741. The average Bonchev–Trinajstić information content (AvgIpc) is 2.86. The zero-order valence-corrected chi connectivity index (χ0v) is 21.1. The number of hydrogen-bond donors (Lipinski definition) is 1. The molecule has 0 spiro atoms. The lowest BCUT2D eigenvalue weighted by Crippen LogP contribution is -2.38. The Kier molecular flexibility index (Phi) is 7.37. The Morgan fingerprint density at radius 1 is 1.00 bits per heavy atom. The fourth-order valence-electron chi connectivity index (χ4n) is 4.27. The van der Waals surface area contributed by atoms with E-state index in [1.54, 1.807) is 24.0 Å². The Bertz CT molecular complexity index is 1370. The van der Waals surface area contributed by atoms with Crippen molar-refractivity contribution < 1.29 is 22.0 Å². The third-order valence-corrected chi connectivity index (χ3v) is 8.15. The molecule has 1 aliphatic rings. The van der Waals surface area contributed by atoms with Crippen LogP contribution in [0.2, 0.25) is 0 Å². The van der Waals surface area contributed by atoms with Gasteiger partial charge in [0.05, 0.1) is 11.3 Å². The summed E-state index contributed by atoms with van der Waals surface area (Å²) in [6.45, 7) is 2.70. The molecule has 0 radical (unpaired) electrons. The van der Waals surface area contributed by atoms with Gasteiger partial charge in [-0.15, -0.1) is 0 Å². The molecule has 0 saturated carbocycles. The molecule has 4 rings (SSSR count). The summed E-state index contributed by atoms with van der Waals surface area (Å²) < 4.78 is 53.3. The summed E-state index contributed by atoms with van der Waals surface area (Å²) in [6.07, 6.45) is 2.71. The molecule has 0 unspecified atom stereocenters. The maximum Gasteiger partial charge on any atom is 0.260 e. The van der Waals surface area contributed by atoms with Crippen LogP contribution in [-0.2, 0) is 10.0 Å². The highest BCUT2D eigenvalue weighted by Crippen LogP contribution is 2.31. The second kappa shape index (κ2) is 10.3. The Balaban J connectivity index is 1.62.